The van der Waals surface area contributed by atoms with Crippen LogP contribution in [0.1, 0.15) is 24.8 Å². The maximum absolute atomic E-state index is 11.8. The molecule has 1 aromatic rings. The van der Waals surface area contributed by atoms with Crippen LogP contribution >= 0.6 is 0 Å². The lowest BCUT2D eigenvalue weighted by molar-refractivity contribution is -0.142. The average molecular weight is 293 g/mol. The molecule has 0 heterocycles. The number of hydrogen-bond acceptors (Lipinski definition) is 4. The first-order chi connectivity index (χ1) is 9.90. The summed E-state index contributed by atoms with van der Waals surface area (Å²) in [6, 6.07) is 6.04. The number of para-hydroxylation sites is 1. The summed E-state index contributed by atoms with van der Waals surface area (Å²) in [5.74, 6) is -2.20. The minimum atomic E-state index is -1.19. The van der Waals surface area contributed by atoms with E-state index in [0.717, 1.165) is 5.56 Å². The molecule has 0 aromatic heterocycles. The lowest BCUT2D eigenvalue weighted by Gasteiger charge is -2.14. The van der Waals surface area contributed by atoms with Gasteiger partial charge >= 0.3 is 5.97 Å². The molecule has 0 aliphatic carbocycles. The molecular weight excluding hydrogens is 274 g/mol. The zero-order valence-electron chi connectivity index (χ0n) is 11.5. The highest BCUT2D eigenvalue weighted by atomic mass is 16.4. The van der Waals surface area contributed by atoms with E-state index in [-0.39, 0.29) is 19.3 Å². The molecule has 21 heavy (non-hydrogen) atoms. The number of anilines is 1. The van der Waals surface area contributed by atoms with Crippen molar-refractivity contribution in [1.82, 2.24) is 5.32 Å². The van der Waals surface area contributed by atoms with Gasteiger partial charge in [0, 0.05) is 18.5 Å². The predicted molar refractivity (Wildman–Crippen MR) is 77.2 cm³/mol. The minimum absolute atomic E-state index is 0.0239. The van der Waals surface area contributed by atoms with Crippen LogP contribution in [0.25, 0.3) is 0 Å². The van der Waals surface area contributed by atoms with E-state index in [9.17, 15) is 14.4 Å². The first-order valence-electron chi connectivity index (χ1n) is 6.54. The van der Waals surface area contributed by atoms with Crippen LogP contribution in [0.3, 0.4) is 0 Å². The average Bonchev–Trinajstić information content (AvgIpc) is 2.42. The topological polar surface area (TPSA) is 136 Å². The van der Waals surface area contributed by atoms with Gasteiger partial charge in [0.15, 0.2) is 0 Å². The van der Waals surface area contributed by atoms with Crippen molar-refractivity contribution in [3.05, 3.63) is 29.8 Å². The molecule has 1 aromatic carbocycles. The highest BCUT2D eigenvalue weighted by Gasteiger charge is 2.20. The van der Waals surface area contributed by atoms with Crippen LogP contribution in [-0.4, -0.2) is 28.9 Å². The van der Waals surface area contributed by atoms with Gasteiger partial charge in [-0.25, -0.2) is 4.79 Å². The van der Waals surface area contributed by atoms with Gasteiger partial charge in [-0.05, 0) is 24.5 Å². The molecule has 2 amide bonds. The second kappa shape index (κ2) is 7.88. The largest absolute Gasteiger partial charge is 0.480 e. The Hall–Kier alpha value is -2.57. The van der Waals surface area contributed by atoms with Crippen LogP contribution in [0.5, 0.6) is 0 Å². The number of aryl methyl sites for hydroxylation is 1. The number of amides is 2. The molecule has 7 heteroatoms. The molecule has 1 atom stereocenters. The number of rotatable bonds is 8. The van der Waals surface area contributed by atoms with E-state index >= 15 is 0 Å². The summed E-state index contributed by atoms with van der Waals surface area (Å²) in [6.45, 7) is 0. The van der Waals surface area contributed by atoms with E-state index in [1.165, 1.54) is 0 Å². The quantitative estimate of drug-likeness (QED) is 0.502. The number of carbonyl (C=O) groups excluding carboxylic acids is 2. The molecule has 0 fully saturated rings. The molecule has 0 aliphatic heterocycles. The second-order valence-electron chi connectivity index (χ2n) is 4.66. The number of nitrogen functional groups attached to an aromatic ring is 1. The molecule has 0 bridgehead atoms. The van der Waals surface area contributed by atoms with Gasteiger partial charge in [0.1, 0.15) is 6.04 Å². The Kier molecular flexibility index (Phi) is 6.19. The van der Waals surface area contributed by atoms with Crippen molar-refractivity contribution < 1.29 is 19.5 Å². The van der Waals surface area contributed by atoms with Crippen LogP contribution in [0.15, 0.2) is 24.3 Å². The standard InChI is InChI=1S/C14H19N3O4/c15-10-4-2-1-3-9(10)5-8-13(19)17-11(14(20)21)6-7-12(16)18/h1-4,11H,5-8,15H2,(H2,16,18)(H,17,19)(H,20,21). The van der Waals surface area contributed by atoms with E-state index in [0.29, 0.717) is 12.1 Å². The fraction of sp³-hybridized carbons (Fsp3) is 0.357. The Morgan fingerprint density at radius 2 is 1.86 bits per heavy atom. The number of aliphatic carboxylic acids is 1. The van der Waals surface area contributed by atoms with E-state index in [1.54, 1.807) is 12.1 Å². The maximum Gasteiger partial charge on any atom is 0.326 e. The minimum Gasteiger partial charge on any atom is -0.480 e. The zero-order chi connectivity index (χ0) is 15.8. The van der Waals surface area contributed by atoms with Gasteiger partial charge < -0.3 is 21.9 Å². The van der Waals surface area contributed by atoms with Gasteiger partial charge in [-0.1, -0.05) is 18.2 Å². The Bertz CT molecular complexity index is 531. The Labute approximate surface area is 122 Å². The molecule has 0 saturated heterocycles. The first kappa shape index (κ1) is 16.5. The van der Waals surface area contributed by atoms with Crippen LogP contribution in [0, 0.1) is 0 Å². The highest BCUT2D eigenvalue weighted by molar-refractivity contribution is 5.84. The number of hydrogen-bond donors (Lipinski definition) is 4. The van der Waals surface area contributed by atoms with E-state index in [4.69, 9.17) is 16.6 Å². The second-order valence-corrected chi connectivity index (χ2v) is 4.66. The monoisotopic (exact) mass is 293 g/mol. The molecule has 1 rings (SSSR count). The van der Waals surface area contributed by atoms with Crippen LogP contribution in [0.4, 0.5) is 5.69 Å². The fourth-order valence-corrected chi connectivity index (χ4v) is 1.82. The van der Waals surface area contributed by atoms with Crippen molar-refractivity contribution >= 4 is 23.5 Å². The van der Waals surface area contributed by atoms with Gasteiger partial charge in [-0.15, -0.1) is 0 Å². The third kappa shape index (κ3) is 5.94. The smallest absolute Gasteiger partial charge is 0.326 e. The Balaban J connectivity index is 2.49. The molecule has 1 unspecified atom stereocenters. The molecule has 0 saturated carbocycles. The van der Waals surface area contributed by atoms with Crippen LogP contribution < -0.4 is 16.8 Å². The summed E-state index contributed by atoms with van der Waals surface area (Å²) < 4.78 is 0. The number of nitrogens with one attached hydrogen (secondary N) is 1. The normalized spacial score (nSPS) is 11.6. The molecule has 7 nitrogen and oxygen atoms in total. The summed E-state index contributed by atoms with van der Waals surface area (Å²) in [4.78, 5) is 33.4. The van der Waals surface area contributed by atoms with Crippen LogP contribution in [-0.2, 0) is 20.8 Å². The van der Waals surface area contributed by atoms with Crippen molar-refractivity contribution in [3.63, 3.8) is 0 Å². The summed E-state index contributed by atoms with van der Waals surface area (Å²) in [5, 5.41) is 11.4. The van der Waals surface area contributed by atoms with Gasteiger partial charge in [-0.2, -0.15) is 0 Å². The van der Waals surface area contributed by atoms with Crippen molar-refractivity contribution in [2.75, 3.05) is 5.73 Å². The number of carboxylic acid groups (broad SMARTS) is 1. The van der Waals surface area contributed by atoms with Gasteiger partial charge in [0.05, 0.1) is 0 Å². The number of carbonyl (C=O) groups is 3. The molecule has 0 spiro atoms. The highest BCUT2D eigenvalue weighted by Crippen LogP contribution is 2.12. The third-order valence-corrected chi connectivity index (χ3v) is 2.99. The van der Waals surface area contributed by atoms with Crippen molar-refractivity contribution in [3.8, 4) is 0 Å². The number of benzene rings is 1. The lowest BCUT2D eigenvalue weighted by atomic mass is 10.1. The Morgan fingerprint density at radius 1 is 1.19 bits per heavy atom. The molecular formula is C14H19N3O4. The zero-order valence-corrected chi connectivity index (χ0v) is 11.5. The number of primary amides is 1. The van der Waals surface area contributed by atoms with E-state index in [2.05, 4.69) is 5.32 Å². The van der Waals surface area contributed by atoms with Gasteiger partial charge in [0.25, 0.3) is 0 Å². The van der Waals surface area contributed by atoms with Crippen molar-refractivity contribution in [2.45, 2.75) is 31.7 Å². The van der Waals surface area contributed by atoms with E-state index < -0.39 is 23.8 Å². The SMILES string of the molecule is NC(=O)CCC(NC(=O)CCc1ccccc1N)C(=O)O. The summed E-state index contributed by atoms with van der Waals surface area (Å²) >= 11 is 0. The van der Waals surface area contributed by atoms with Crippen molar-refractivity contribution in [2.24, 2.45) is 5.73 Å². The summed E-state index contributed by atoms with van der Waals surface area (Å²) in [5.41, 5.74) is 12.1. The molecule has 0 radical (unpaired) electrons. The molecule has 114 valence electrons. The van der Waals surface area contributed by atoms with Gasteiger partial charge in [0.2, 0.25) is 11.8 Å². The maximum atomic E-state index is 11.8. The number of carboxylic acids is 1. The third-order valence-electron chi connectivity index (χ3n) is 2.99. The van der Waals surface area contributed by atoms with Crippen molar-refractivity contribution in [1.29, 1.82) is 0 Å². The predicted octanol–water partition coefficient (Wildman–Crippen LogP) is 0.0363. The lowest BCUT2D eigenvalue weighted by Crippen LogP contribution is -2.41. The first-order valence-corrected chi connectivity index (χ1v) is 6.54. The summed E-state index contributed by atoms with van der Waals surface area (Å²) in [6.07, 6.45) is 0.419. The van der Waals surface area contributed by atoms with Gasteiger partial charge in [-0.3, -0.25) is 9.59 Å². The van der Waals surface area contributed by atoms with E-state index in [1.807, 2.05) is 12.1 Å². The molecule has 0 aliphatic rings. The summed E-state index contributed by atoms with van der Waals surface area (Å²) in [7, 11) is 0. The van der Waals surface area contributed by atoms with Crippen LogP contribution in [0.2, 0.25) is 0 Å². The Morgan fingerprint density at radius 3 is 2.43 bits per heavy atom. The fourth-order valence-electron chi connectivity index (χ4n) is 1.82. The number of nitrogens with two attached hydrogens (primary N) is 2. The molecule has 6 N–H and O–H groups in total.